The van der Waals surface area contributed by atoms with E-state index in [0.29, 0.717) is 6.54 Å². The van der Waals surface area contributed by atoms with E-state index in [9.17, 15) is 4.79 Å². The summed E-state index contributed by atoms with van der Waals surface area (Å²) >= 11 is 1.80. The van der Waals surface area contributed by atoms with E-state index in [0.717, 1.165) is 42.5 Å². The first-order valence-corrected chi connectivity index (χ1v) is 8.98. The van der Waals surface area contributed by atoms with Gasteiger partial charge in [-0.25, -0.2) is 9.97 Å². The Bertz CT molecular complexity index is 758. The summed E-state index contributed by atoms with van der Waals surface area (Å²) < 4.78 is 0. The van der Waals surface area contributed by atoms with Crippen LogP contribution in [0.3, 0.4) is 0 Å². The van der Waals surface area contributed by atoms with E-state index in [1.807, 2.05) is 0 Å². The third-order valence-corrected chi connectivity index (χ3v) is 6.05. The van der Waals surface area contributed by atoms with Gasteiger partial charge in [0, 0.05) is 24.5 Å². The largest absolute Gasteiger partial charge is 0.368 e. The van der Waals surface area contributed by atoms with Crippen molar-refractivity contribution in [2.45, 2.75) is 32.2 Å². The molecule has 1 saturated heterocycles. The molecule has 0 radical (unpaired) electrons. The molecule has 1 aliphatic heterocycles. The van der Waals surface area contributed by atoms with Crippen LogP contribution in [-0.4, -0.2) is 41.6 Å². The Balaban J connectivity index is 1.77. The summed E-state index contributed by atoms with van der Waals surface area (Å²) in [7, 11) is 0. The highest BCUT2D eigenvalue weighted by molar-refractivity contribution is 7.19. The lowest BCUT2D eigenvalue weighted by Gasteiger charge is -2.33. The van der Waals surface area contributed by atoms with Crippen molar-refractivity contribution in [1.29, 1.82) is 0 Å². The molecular weight excluding hydrogens is 310 g/mol. The fourth-order valence-electron chi connectivity index (χ4n) is 3.63. The summed E-state index contributed by atoms with van der Waals surface area (Å²) in [6.07, 6.45) is 5.10. The summed E-state index contributed by atoms with van der Waals surface area (Å²) in [6, 6.07) is -0.316. The summed E-state index contributed by atoms with van der Waals surface area (Å²) in [6.45, 7) is 4.45. The minimum atomic E-state index is -0.316. The second kappa shape index (κ2) is 5.72. The van der Waals surface area contributed by atoms with Crippen LogP contribution < -0.4 is 16.0 Å². The van der Waals surface area contributed by atoms with Crippen LogP contribution in [0.15, 0.2) is 6.33 Å². The van der Waals surface area contributed by atoms with Gasteiger partial charge in [0.05, 0.1) is 5.39 Å². The van der Waals surface area contributed by atoms with Crippen LogP contribution in [0.1, 0.15) is 23.8 Å². The third kappa shape index (κ3) is 2.57. The van der Waals surface area contributed by atoms with E-state index in [1.54, 1.807) is 17.7 Å². The number of carbonyl (C=O) groups excluding carboxylic acids is 1. The van der Waals surface area contributed by atoms with Gasteiger partial charge in [-0.15, -0.1) is 11.3 Å². The van der Waals surface area contributed by atoms with Gasteiger partial charge in [0.25, 0.3) is 0 Å². The maximum absolute atomic E-state index is 11.5. The van der Waals surface area contributed by atoms with E-state index >= 15 is 0 Å². The molecule has 2 aliphatic rings. The lowest BCUT2D eigenvalue weighted by atomic mass is 9.89. The molecule has 122 valence electrons. The van der Waals surface area contributed by atoms with Crippen LogP contribution in [0.4, 0.5) is 5.82 Å². The van der Waals surface area contributed by atoms with Gasteiger partial charge in [-0.2, -0.15) is 0 Å². The average Bonchev–Trinajstić information content (AvgIpc) is 2.92. The fraction of sp³-hybridized carbons (Fsp3) is 0.562. The van der Waals surface area contributed by atoms with E-state index < -0.39 is 0 Å². The lowest BCUT2D eigenvalue weighted by molar-refractivity contribution is -0.120. The predicted molar refractivity (Wildman–Crippen MR) is 91.8 cm³/mol. The number of amides is 1. The molecular formula is C16H21N5OS. The minimum Gasteiger partial charge on any atom is -0.368 e. The molecule has 23 heavy (non-hydrogen) atoms. The number of rotatable bonds is 2. The highest BCUT2D eigenvalue weighted by Crippen LogP contribution is 2.40. The Kier molecular flexibility index (Phi) is 3.69. The summed E-state index contributed by atoms with van der Waals surface area (Å²) in [5, 5.41) is 4.37. The van der Waals surface area contributed by atoms with Crippen LogP contribution in [-0.2, 0) is 17.6 Å². The number of nitrogens with zero attached hydrogens (tertiary/aromatic N) is 3. The first-order chi connectivity index (χ1) is 11.1. The average molecular weight is 331 g/mol. The molecule has 0 bridgehead atoms. The summed E-state index contributed by atoms with van der Waals surface area (Å²) in [5.74, 6) is 1.40. The maximum Gasteiger partial charge on any atom is 0.236 e. The van der Waals surface area contributed by atoms with Gasteiger partial charge < -0.3 is 16.0 Å². The first-order valence-electron chi connectivity index (χ1n) is 8.16. The zero-order valence-corrected chi connectivity index (χ0v) is 14.0. The highest BCUT2D eigenvalue weighted by Gasteiger charge is 2.28. The number of primary amides is 1. The topological polar surface area (TPSA) is 84.1 Å². The Morgan fingerprint density at radius 1 is 1.48 bits per heavy atom. The van der Waals surface area contributed by atoms with Gasteiger partial charge in [0.15, 0.2) is 0 Å². The number of aromatic nitrogens is 2. The lowest BCUT2D eigenvalue weighted by Crippen LogP contribution is -2.56. The normalized spacial score (nSPS) is 24.7. The number of piperazine rings is 1. The molecule has 0 spiro atoms. The number of nitrogens with one attached hydrogen (secondary N) is 1. The molecule has 4 rings (SSSR count). The van der Waals surface area contributed by atoms with E-state index in [2.05, 4.69) is 27.1 Å². The molecule has 1 aliphatic carbocycles. The molecule has 6 nitrogen and oxygen atoms in total. The van der Waals surface area contributed by atoms with Gasteiger partial charge in [-0.1, -0.05) is 6.92 Å². The highest BCUT2D eigenvalue weighted by atomic mass is 32.1. The van der Waals surface area contributed by atoms with Crippen molar-refractivity contribution in [1.82, 2.24) is 15.3 Å². The zero-order chi connectivity index (χ0) is 16.0. The van der Waals surface area contributed by atoms with E-state index in [-0.39, 0.29) is 11.9 Å². The van der Waals surface area contributed by atoms with Crippen molar-refractivity contribution in [3.8, 4) is 0 Å². The summed E-state index contributed by atoms with van der Waals surface area (Å²) in [4.78, 5) is 25.3. The molecule has 3 N–H and O–H groups in total. The van der Waals surface area contributed by atoms with Crippen molar-refractivity contribution < 1.29 is 4.79 Å². The Hall–Kier alpha value is -1.73. The smallest absolute Gasteiger partial charge is 0.236 e. The van der Waals surface area contributed by atoms with Gasteiger partial charge >= 0.3 is 0 Å². The number of carbonyl (C=O) groups is 1. The quantitative estimate of drug-likeness (QED) is 0.860. The molecule has 2 aromatic rings. The summed E-state index contributed by atoms with van der Waals surface area (Å²) in [5.41, 5.74) is 6.89. The van der Waals surface area contributed by atoms with E-state index in [4.69, 9.17) is 5.73 Å². The standard InChI is InChI=1S/C16H21N5OS/c1-9-2-3-10-12(6-9)23-16-13(10)15(19-8-20-16)21-5-4-18-11(7-21)14(17)22/h8-9,11,18H,2-7H2,1H3,(H2,17,22)/t9-,11-/m1/s1. The van der Waals surface area contributed by atoms with Crippen LogP contribution in [0.5, 0.6) is 0 Å². The van der Waals surface area contributed by atoms with Gasteiger partial charge in [0.1, 0.15) is 23.0 Å². The number of nitrogens with two attached hydrogens (primary N) is 1. The second-order valence-corrected chi connectivity index (χ2v) is 7.67. The number of fused-ring (bicyclic) bond motifs is 3. The molecule has 0 saturated carbocycles. The van der Waals surface area contributed by atoms with Crippen molar-refractivity contribution >= 4 is 33.3 Å². The second-order valence-electron chi connectivity index (χ2n) is 6.58. The number of thiophene rings is 1. The molecule has 0 aromatic carbocycles. The molecule has 2 atom stereocenters. The fourth-order valence-corrected chi connectivity index (χ4v) is 4.98. The van der Waals surface area contributed by atoms with Crippen molar-refractivity contribution in [2.24, 2.45) is 11.7 Å². The van der Waals surface area contributed by atoms with Crippen molar-refractivity contribution in [3.63, 3.8) is 0 Å². The molecule has 0 unspecified atom stereocenters. The number of hydrogen-bond donors (Lipinski definition) is 2. The Morgan fingerprint density at radius 2 is 2.35 bits per heavy atom. The van der Waals surface area contributed by atoms with Crippen LogP contribution in [0, 0.1) is 5.92 Å². The van der Waals surface area contributed by atoms with Crippen LogP contribution in [0.25, 0.3) is 10.2 Å². The van der Waals surface area contributed by atoms with E-state index in [1.165, 1.54) is 22.2 Å². The number of anilines is 1. The van der Waals surface area contributed by atoms with Crippen molar-refractivity contribution in [2.75, 3.05) is 24.5 Å². The minimum absolute atomic E-state index is 0.304. The molecule has 1 amide bonds. The molecule has 7 heteroatoms. The Morgan fingerprint density at radius 3 is 3.17 bits per heavy atom. The first kappa shape index (κ1) is 14.8. The molecule has 2 aromatic heterocycles. The third-order valence-electron chi connectivity index (χ3n) is 4.89. The van der Waals surface area contributed by atoms with Gasteiger partial charge in [-0.05, 0) is 30.7 Å². The van der Waals surface area contributed by atoms with Gasteiger partial charge in [-0.3, -0.25) is 4.79 Å². The SMILES string of the molecule is C[C@@H]1CCc2c(sc3ncnc(N4CCN[C@@H](C(N)=O)C4)c23)C1. The predicted octanol–water partition coefficient (Wildman–Crippen LogP) is 1.08. The number of aryl methyl sites for hydroxylation is 1. The van der Waals surface area contributed by atoms with Crippen LogP contribution in [0.2, 0.25) is 0 Å². The molecule has 3 heterocycles. The van der Waals surface area contributed by atoms with Crippen LogP contribution >= 0.6 is 11.3 Å². The molecule has 1 fully saturated rings. The van der Waals surface area contributed by atoms with Gasteiger partial charge in [0.2, 0.25) is 5.91 Å². The van der Waals surface area contributed by atoms with Crippen molar-refractivity contribution in [3.05, 3.63) is 16.8 Å². The maximum atomic E-state index is 11.5. The Labute approximate surface area is 139 Å². The monoisotopic (exact) mass is 331 g/mol. The zero-order valence-electron chi connectivity index (χ0n) is 13.2. The number of hydrogen-bond acceptors (Lipinski definition) is 6.